The largest absolute Gasteiger partial charge is 0.494 e. The standard InChI is InChI=1S/C33H28F2N8O4/c34-26-9-5-10-27(35)25(26)20-38-32(45)33(19-22-7-1-3-11-28(22)40-42-36)30(24-8-2-4-12-29(24)41-43-37)47-31(39-33)21-13-15-23(16-14-21)46-18-6-17-44/h1-5,7-16,30,44H,6,17-20H2,(H,38,45)/t30-,33-/m1/s1. The van der Waals surface area contributed by atoms with Crippen LogP contribution in [0.15, 0.2) is 106 Å². The van der Waals surface area contributed by atoms with Crippen molar-refractivity contribution in [2.24, 2.45) is 15.2 Å². The summed E-state index contributed by atoms with van der Waals surface area (Å²) >= 11 is 0. The fourth-order valence-corrected chi connectivity index (χ4v) is 5.23. The molecule has 5 rings (SSSR count). The van der Waals surface area contributed by atoms with Crippen molar-refractivity contribution in [1.82, 2.24) is 5.32 Å². The van der Waals surface area contributed by atoms with Gasteiger partial charge in [-0.1, -0.05) is 64.8 Å². The van der Waals surface area contributed by atoms with Crippen molar-refractivity contribution in [3.05, 3.63) is 146 Å². The Balaban J connectivity index is 1.66. The second kappa shape index (κ2) is 14.9. The van der Waals surface area contributed by atoms with Gasteiger partial charge in [0.25, 0.3) is 5.91 Å². The van der Waals surface area contributed by atoms with Crippen molar-refractivity contribution in [2.45, 2.75) is 31.0 Å². The number of azide groups is 2. The molecule has 0 aliphatic carbocycles. The van der Waals surface area contributed by atoms with Gasteiger partial charge in [-0.2, -0.15) is 0 Å². The van der Waals surface area contributed by atoms with Gasteiger partial charge in [0.1, 0.15) is 17.4 Å². The number of halogens is 2. The molecular formula is C33H28F2N8O4. The Bertz CT molecular complexity index is 1870. The van der Waals surface area contributed by atoms with Gasteiger partial charge in [0.2, 0.25) is 5.90 Å². The first kappa shape index (κ1) is 32.5. The topological polar surface area (TPSA) is 178 Å². The molecule has 0 radical (unpaired) electrons. The zero-order chi connectivity index (χ0) is 33.2. The quantitative estimate of drug-likeness (QED) is 0.0670. The molecule has 1 amide bonds. The van der Waals surface area contributed by atoms with Crippen LogP contribution in [0, 0.1) is 11.6 Å². The molecule has 4 aromatic carbocycles. The highest BCUT2D eigenvalue weighted by molar-refractivity contribution is 6.01. The number of amides is 1. The average Bonchev–Trinajstić information content (AvgIpc) is 3.46. The highest BCUT2D eigenvalue weighted by Crippen LogP contribution is 2.46. The van der Waals surface area contributed by atoms with Crippen LogP contribution < -0.4 is 10.1 Å². The van der Waals surface area contributed by atoms with Crippen molar-refractivity contribution < 1.29 is 28.2 Å². The normalized spacial score (nSPS) is 16.7. The third-order valence-corrected chi connectivity index (χ3v) is 7.49. The number of hydrogen-bond donors (Lipinski definition) is 2. The van der Waals surface area contributed by atoms with Crippen molar-refractivity contribution in [3.63, 3.8) is 0 Å². The molecule has 1 aliphatic heterocycles. The second-order valence-corrected chi connectivity index (χ2v) is 10.4. The lowest BCUT2D eigenvalue weighted by atomic mass is 9.81. The average molecular weight is 639 g/mol. The van der Waals surface area contributed by atoms with Crippen LogP contribution in [0.25, 0.3) is 20.9 Å². The zero-order valence-electron chi connectivity index (χ0n) is 24.8. The molecule has 0 saturated heterocycles. The predicted octanol–water partition coefficient (Wildman–Crippen LogP) is 7.43. The van der Waals surface area contributed by atoms with Crippen LogP contribution in [0.1, 0.15) is 34.8 Å². The Hall–Kier alpha value is -5.94. The van der Waals surface area contributed by atoms with Gasteiger partial charge in [0.15, 0.2) is 11.6 Å². The zero-order valence-corrected chi connectivity index (χ0v) is 24.8. The van der Waals surface area contributed by atoms with Gasteiger partial charge < -0.3 is 19.9 Å². The maximum absolute atomic E-state index is 14.6. The van der Waals surface area contributed by atoms with E-state index >= 15 is 0 Å². The number of nitrogens with one attached hydrogen (secondary N) is 1. The van der Waals surface area contributed by atoms with Gasteiger partial charge in [0.05, 0.1) is 6.61 Å². The van der Waals surface area contributed by atoms with E-state index in [4.69, 9.17) is 19.6 Å². The fourth-order valence-electron chi connectivity index (χ4n) is 5.23. The number of rotatable bonds is 13. The number of nitrogens with zero attached hydrogens (tertiary/aromatic N) is 7. The van der Waals surface area contributed by atoms with E-state index in [1.807, 2.05) is 0 Å². The summed E-state index contributed by atoms with van der Waals surface area (Å²) in [7, 11) is 0. The van der Waals surface area contributed by atoms with Gasteiger partial charge >= 0.3 is 0 Å². The van der Waals surface area contributed by atoms with Gasteiger partial charge in [-0.3, -0.25) is 4.79 Å². The number of carbonyl (C=O) groups is 1. The molecule has 1 aliphatic rings. The molecule has 2 N–H and O–H groups in total. The summed E-state index contributed by atoms with van der Waals surface area (Å²) in [6.07, 6.45) is -0.950. The molecule has 0 saturated carbocycles. The predicted molar refractivity (Wildman–Crippen MR) is 169 cm³/mol. The Morgan fingerprint density at radius 2 is 1.60 bits per heavy atom. The van der Waals surface area contributed by atoms with Gasteiger partial charge in [-0.15, -0.1) is 0 Å². The molecule has 4 aromatic rings. The van der Waals surface area contributed by atoms with E-state index < -0.39 is 35.7 Å². The van der Waals surface area contributed by atoms with Crippen LogP contribution in [-0.4, -0.2) is 35.7 Å². The van der Waals surface area contributed by atoms with Crippen molar-refractivity contribution in [3.8, 4) is 5.75 Å². The molecular weight excluding hydrogens is 610 g/mol. The summed E-state index contributed by atoms with van der Waals surface area (Å²) in [5.41, 5.74) is 18.0. The van der Waals surface area contributed by atoms with Gasteiger partial charge in [0, 0.05) is 63.9 Å². The molecule has 0 aromatic heterocycles. The Morgan fingerprint density at radius 1 is 0.936 bits per heavy atom. The van der Waals surface area contributed by atoms with Crippen LogP contribution in [-0.2, 0) is 22.5 Å². The van der Waals surface area contributed by atoms with E-state index in [0.29, 0.717) is 35.5 Å². The number of benzene rings is 4. The fraction of sp³-hybridized carbons (Fsp3) is 0.212. The molecule has 47 heavy (non-hydrogen) atoms. The molecule has 12 nitrogen and oxygen atoms in total. The molecule has 1 heterocycles. The Kier molecular flexibility index (Phi) is 10.3. The number of ether oxygens (including phenoxy) is 2. The van der Waals surface area contributed by atoms with E-state index in [0.717, 1.165) is 12.1 Å². The molecule has 0 fully saturated rings. The molecule has 2 atom stereocenters. The van der Waals surface area contributed by atoms with E-state index in [1.165, 1.54) is 6.07 Å². The lowest BCUT2D eigenvalue weighted by molar-refractivity contribution is -0.129. The first-order chi connectivity index (χ1) is 22.9. The minimum absolute atomic E-state index is 0.0159. The van der Waals surface area contributed by atoms with Crippen LogP contribution in [0.2, 0.25) is 0 Å². The van der Waals surface area contributed by atoms with Gasteiger partial charge in [-0.25, -0.2) is 13.8 Å². The second-order valence-electron chi connectivity index (χ2n) is 10.4. The summed E-state index contributed by atoms with van der Waals surface area (Å²) in [5.74, 6) is -1.85. The number of hydrogen-bond acceptors (Lipinski definition) is 7. The van der Waals surface area contributed by atoms with Crippen LogP contribution in [0.4, 0.5) is 20.2 Å². The molecule has 0 spiro atoms. The monoisotopic (exact) mass is 638 g/mol. The summed E-state index contributed by atoms with van der Waals surface area (Å²) < 4.78 is 41.3. The maximum Gasteiger partial charge on any atom is 0.252 e. The van der Waals surface area contributed by atoms with Crippen LogP contribution in [0.5, 0.6) is 5.75 Å². The first-order valence-electron chi connectivity index (χ1n) is 14.5. The van der Waals surface area contributed by atoms with Gasteiger partial charge in [-0.05, 0) is 53.0 Å². The Labute approximate surface area is 267 Å². The minimum atomic E-state index is -1.87. The number of carbonyl (C=O) groups excluding carboxylic acids is 1. The highest BCUT2D eigenvalue weighted by atomic mass is 19.1. The third kappa shape index (κ3) is 7.15. The molecule has 14 heteroatoms. The maximum atomic E-state index is 14.6. The van der Waals surface area contributed by atoms with E-state index in [-0.39, 0.29) is 35.9 Å². The Morgan fingerprint density at radius 3 is 2.30 bits per heavy atom. The summed E-state index contributed by atoms with van der Waals surface area (Å²) in [4.78, 5) is 25.2. The summed E-state index contributed by atoms with van der Waals surface area (Å²) in [6, 6.07) is 23.2. The van der Waals surface area contributed by atoms with E-state index in [9.17, 15) is 24.6 Å². The van der Waals surface area contributed by atoms with E-state index in [2.05, 4.69) is 25.4 Å². The number of aliphatic hydroxyl groups is 1. The van der Waals surface area contributed by atoms with Crippen molar-refractivity contribution in [2.75, 3.05) is 13.2 Å². The molecule has 238 valence electrons. The SMILES string of the molecule is [N-]=[N+]=Nc1ccccc1C[C@@]1(C(=O)NCc2c(F)cccc2F)N=C(c2ccc(OCCCO)cc2)O[C@@H]1c1ccccc1N=[N+]=[N-]. The minimum Gasteiger partial charge on any atom is -0.494 e. The first-order valence-corrected chi connectivity index (χ1v) is 14.5. The third-order valence-electron chi connectivity index (χ3n) is 7.49. The van der Waals surface area contributed by atoms with Crippen molar-refractivity contribution in [1.29, 1.82) is 0 Å². The van der Waals surface area contributed by atoms with Crippen molar-refractivity contribution >= 4 is 23.2 Å². The van der Waals surface area contributed by atoms with Crippen LogP contribution >= 0.6 is 0 Å². The molecule has 0 bridgehead atoms. The number of aliphatic hydroxyl groups excluding tert-OH is 1. The smallest absolute Gasteiger partial charge is 0.252 e. The van der Waals surface area contributed by atoms with E-state index in [1.54, 1.807) is 72.8 Å². The van der Waals surface area contributed by atoms with Crippen LogP contribution in [0.3, 0.4) is 0 Å². The summed E-state index contributed by atoms with van der Waals surface area (Å²) in [6.45, 7) is -0.216. The lowest BCUT2D eigenvalue weighted by Gasteiger charge is -2.32. The lowest BCUT2D eigenvalue weighted by Crippen LogP contribution is -2.49. The number of aliphatic imine (C=N–C) groups is 1. The molecule has 0 unspecified atom stereocenters. The summed E-state index contributed by atoms with van der Waals surface area (Å²) in [5, 5.41) is 19.3. The highest BCUT2D eigenvalue weighted by Gasteiger charge is 2.54.